The average molecular weight is 841 g/mol. The van der Waals surface area contributed by atoms with Gasteiger partial charge < -0.3 is 18.1 Å². The molecule has 0 saturated carbocycles. The Kier molecular flexibility index (Phi) is 7.69. The Balaban J connectivity index is 1.11. The number of benzene rings is 10. The van der Waals surface area contributed by atoms with Crippen LogP contribution in [0.2, 0.25) is 0 Å². The molecule has 0 spiro atoms. The van der Waals surface area contributed by atoms with E-state index in [1.165, 1.54) is 32.6 Å². The fourth-order valence-corrected chi connectivity index (χ4v) is 10.8. The van der Waals surface area contributed by atoms with Crippen LogP contribution in [0.1, 0.15) is 5.56 Å². The van der Waals surface area contributed by atoms with Gasteiger partial charge in [-0.25, -0.2) is 0 Å². The minimum absolute atomic E-state index is 0.604. The molecule has 66 heavy (non-hydrogen) atoms. The number of hydrogen-bond acceptors (Lipinski definition) is 2. The Bertz CT molecular complexity index is 4350. The molecule has 10 aromatic carbocycles. The third-order valence-electron chi connectivity index (χ3n) is 13.6. The van der Waals surface area contributed by atoms with E-state index >= 15 is 0 Å². The van der Waals surface area contributed by atoms with Crippen molar-refractivity contribution in [1.82, 2.24) is 13.7 Å². The van der Waals surface area contributed by atoms with Crippen molar-refractivity contribution in [3.63, 3.8) is 0 Å². The number of nitriles is 1. The van der Waals surface area contributed by atoms with E-state index in [-0.39, 0.29) is 0 Å². The van der Waals surface area contributed by atoms with E-state index < -0.39 is 0 Å². The van der Waals surface area contributed by atoms with Gasteiger partial charge in [-0.3, -0.25) is 0 Å². The zero-order valence-electron chi connectivity index (χ0n) is 35.5. The Morgan fingerprint density at radius 2 is 0.985 bits per heavy atom. The molecule has 14 rings (SSSR count). The molecule has 4 aromatic heterocycles. The molecule has 0 unspecified atom stereocenters. The normalized spacial score (nSPS) is 11.9. The Morgan fingerprint density at radius 1 is 0.348 bits per heavy atom. The third-order valence-corrected chi connectivity index (χ3v) is 13.6. The van der Waals surface area contributed by atoms with Gasteiger partial charge in [-0.05, 0) is 95.6 Å². The maximum atomic E-state index is 10.5. The predicted octanol–water partition coefficient (Wildman–Crippen LogP) is 16.1. The van der Waals surface area contributed by atoms with Crippen LogP contribution < -0.4 is 0 Å². The van der Waals surface area contributed by atoms with Crippen molar-refractivity contribution in [3.8, 4) is 45.4 Å². The zero-order chi connectivity index (χ0) is 43.5. The van der Waals surface area contributed by atoms with Crippen LogP contribution in [0.15, 0.2) is 223 Å². The minimum atomic E-state index is 0.604. The maximum absolute atomic E-state index is 10.5. The summed E-state index contributed by atoms with van der Waals surface area (Å²) >= 11 is 0. The fraction of sp³-hybridized carbons (Fsp3) is 0. The molecule has 0 N–H and O–H groups in total. The lowest BCUT2D eigenvalue weighted by molar-refractivity contribution is 0.669. The number of aromatic nitrogens is 3. The fourth-order valence-electron chi connectivity index (χ4n) is 10.8. The van der Waals surface area contributed by atoms with Crippen LogP contribution in [0.25, 0.3) is 127 Å². The van der Waals surface area contributed by atoms with Gasteiger partial charge in [0.05, 0.1) is 50.4 Å². The molecule has 0 atom stereocenters. The lowest BCUT2D eigenvalue weighted by atomic mass is 9.95. The second kappa shape index (κ2) is 13.9. The Hall–Kier alpha value is -9.11. The van der Waals surface area contributed by atoms with Crippen LogP contribution in [0.5, 0.6) is 0 Å². The molecule has 14 aromatic rings. The first-order valence-corrected chi connectivity index (χ1v) is 22.3. The van der Waals surface area contributed by atoms with Crippen LogP contribution in [0.4, 0.5) is 0 Å². The van der Waals surface area contributed by atoms with E-state index in [9.17, 15) is 5.26 Å². The Labute approximate surface area is 378 Å². The van der Waals surface area contributed by atoms with Crippen LogP contribution in [0.3, 0.4) is 0 Å². The van der Waals surface area contributed by atoms with Gasteiger partial charge in [0.2, 0.25) is 0 Å². The molecule has 0 fully saturated rings. The maximum Gasteiger partial charge on any atom is 0.137 e. The summed E-state index contributed by atoms with van der Waals surface area (Å²) in [6.45, 7) is 0. The first-order valence-electron chi connectivity index (χ1n) is 22.3. The summed E-state index contributed by atoms with van der Waals surface area (Å²) in [7, 11) is 0. The van der Waals surface area contributed by atoms with Gasteiger partial charge in [-0.2, -0.15) is 5.26 Å². The van der Waals surface area contributed by atoms with Crippen molar-refractivity contribution in [3.05, 3.63) is 224 Å². The smallest absolute Gasteiger partial charge is 0.137 e. The first-order chi connectivity index (χ1) is 32.7. The quantitative estimate of drug-likeness (QED) is 0.173. The highest BCUT2D eigenvalue weighted by Gasteiger charge is 2.24. The lowest BCUT2D eigenvalue weighted by Gasteiger charge is -2.18. The molecule has 0 radical (unpaired) electrons. The number of furan rings is 1. The molecule has 0 aliphatic heterocycles. The first kappa shape index (κ1) is 36.4. The summed E-state index contributed by atoms with van der Waals surface area (Å²) in [5.74, 6) is 0. The summed E-state index contributed by atoms with van der Waals surface area (Å²) < 4.78 is 13.8. The molecule has 0 amide bonds. The van der Waals surface area contributed by atoms with E-state index in [4.69, 9.17) is 4.42 Å². The van der Waals surface area contributed by atoms with Gasteiger partial charge >= 0.3 is 0 Å². The number of para-hydroxylation sites is 5. The average Bonchev–Trinajstić information content (AvgIpc) is 4.12. The number of hydrogen-bond donors (Lipinski definition) is 0. The van der Waals surface area contributed by atoms with Gasteiger partial charge in [-0.15, -0.1) is 0 Å². The van der Waals surface area contributed by atoms with Gasteiger partial charge in [0.1, 0.15) is 11.2 Å². The summed E-state index contributed by atoms with van der Waals surface area (Å²) in [5, 5.41) is 19.8. The van der Waals surface area contributed by atoms with Crippen molar-refractivity contribution in [2.75, 3.05) is 0 Å². The number of rotatable bonds is 5. The second-order valence-corrected chi connectivity index (χ2v) is 17.2. The van der Waals surface area contributed by atoms with Crippen LogP contribution in [-0.4, -0.2) is 13.7 Å². The van der Waals surface area contributed by atoms with Crippen molar-refractivity contribution in [2.24, 2.45) is 0 Å². The highest BCUT2D eigenvalue weighted by Crippen LogP contribution is 2.45. The molecule has 0 aliphatic rings. The molecule has 5 heteroatoms. The van der Waals surface area contributed by atoms with Gasteiger partial charge in [0.25, 0.3) is 0 Å². The van der Waals surface area contributed by atoms with Crippen molar-refractivity contribution in [1.29, 1.82) is 5.26 Å². The Morgan fingerprint density at radius 3 is 1.76 bits per heavy atom. The van der Waals surface area contributed by atoms with Crippen LogP contribution in [0, 0.1) is 11.3 Å². The van der Waals surface area contributed by atoms with E-state index in [1.54, 1.807) is 0 Å². The predicted molar refractivity (Wildman–Crippen MR) is 272 cm³/mol. The van der Waals surface area contributed by atoms with Crippen molar-refractivity contribution >= 4 is 87.4 Å². The second-order valence-electron chi connectivity index (χ2n) is 17.2. The molecule has 306 valence electrons. The molecule has 0 bridgehead atoms. The summed E-state index contributed by atoms with van der Waals surface area (Å²) in [6.07, 6.45) is 0. The lowest BCUT2D eigenvalue weighted by Crippen LogP contribution is -2.02. The highest BCUT2D eigenvalue weighted by molar-refractivity contribution is 6.26. The van der Waals surface area contributed by atoms with Crippen molar-refractivity contribution in [2.45, 2.75) is 0 Å². The van der Waals surface area contributed by atoms with Gasteiger partial charge in [0, 0.05) is 66.1 Å². The van der Waals surface area contributed by atoms with E-state index in [1.807, 2.05) is 42.5 Å². The van der Waals surface area contributed by atoms with E-state index in [0.29, 0.717) is 5.56 Å². The monoisotopic (exact) mass is 840 g/mol. The summed E-state index contributed by atoms with van der Waals surface area (Å²) in [6, 6.07) is 80.2. The minimum Gasteiger partial charge on any atom is -0.456 e. The molecule has 4 heterocycles. The SMILES string of the molecule is N#Cc1cc(-c2ccccc2)cc(-c2ccc(-n3c4ccccc4c4c3ccc3c5ccccc5n(-c5ccccc5)c34)cc2-n2c3ccccc3c3cc4c(cc32)oc2ccccc24)c1. The van der Waals surface area contributed by atoms with Gasteiger partial charge in [-0.1, -0.05) is 133 Å². The molecule has 0 aliphatic carbocycles. The van der Waals surface area contributed by atoms with E-state index in [2.05, 4.69) is 196 Å². The zero-order valence-corrected chi connectivity index (χ0v) is 35.5. The summed E-state index contributed by atoms with van der Waals surface area (Å²) in [4.78, 5) is 0. The van der Waals surface area contributed by atoms with Crippen LogP contribution in [-0.2, 0) is 0 Å². The van der Waals surface area contributed by atoms with Crippen LogP contribution >= 0.6 is 0 Å². The standard InChI is InChI=1S/C61H36N4O/c62-37-38-31-40(39-15-3-1-4-16-39)33-41(32-38)44-28-27-43(34-56(44)65-53-24-12-8-20-46(53)50-35-51-47-21-10-14-26-58(47)66-59(51)36-57(50)65)63-54-25-13-9-22-49(54)60-55(63)30-29-48-45-19-7-11-23-52(45)64(61(48)60)42-17-5-2-6-18-42/h1-36H. The number of fused-ring (bicyclic) bond motifs is 13. The number of nitrogens with zero attached hydrogens (tertiary/aromatic N) is 4. The topological polar surface area (TPSA) is 51.7 Å². The van der Waals surface area contributed by atoms with Crippen molar-refractivity contribution < 1.29 is 4.42 Å². The highest BCUT2D eigenvalue weighted by atomic mass is 16.3. The molecular formula is C61H36N4O. The third kappa shape index (κ3) is 5.21. The largest absolute Gasteiger partial charge is 0.456 e. The van der Waals surface area contributed by atoms with Gasteiger partial charge in [0.15, 0.2) is 0 Å². The molecule has 5 nitrogen and oxygen atoms in total. The van der Waals surface area contributed by atoms with E-state index in [0.717, 1.165) is 94.1 Å². The molecular weight excluding hydrogens is 805 g/mol. The molecule has 0 saturated heterocycles. The summed E-state index contributed by atoms with van der Waals surface area (Å²) in [5.41, 5.74) is 16.2.